The molecule has 1 fully saturated rings. The quantitative estimate of drug-likeness (QED) is 0.869. The highest BCUT2D eigenvalue weighted by molar-refractivity contribution is 5.85. The van der Waals surface area contributed by atoms with E-state index in [1.54, 1.807) is 4.90 Å². The normalized spacial score (nSPS) is 15.8. The fraction of sp³-hybridized carbons (Fsp3) is 0.364. The van der Waals surface area contributed by atoms with Gasteiger partial charge in [-0.25, -0.2) is 0 Å². The van der Waals surface area contributed by atoms with Crippen LogP contribution in [-0.4, -0.2) is 35.8 Å². The summed E-state index contributed by atoms with van der Waals surface area (Å²) in [6, 6.07) is 20.4. The summed E-state index contributed by atoms with van der Waals surface area (Å²) in [6.07, 6.45) is 2.46. The molecule has 1 saturated heterocycles. The summed E-state index contributed by atoms with van der Waals surface area (Å²) >= 11 is 0. The van der Waals surface area contributed by atoms with Crippen molar-refractivity contribution in [2.24, 2.45) is 0 Å². The highest BCUT2D eigenvalue weighted by Crippen LogP contribution is 2.28. The molecule has 3 rings (SSSR count). The molecular formula is C22H26N2O2. The third-order valence-corrected chi connectivity index (χ3v) is 4.96. The van der Waals surface area contributed by atoms with E-state index < -0.39 is 0 Å². The molecule has 2 aromatic carbocycles. The number of piperidine rings is 1. The van der Waals surface area contributed by atoms with Crippen LogP contribution in [0.1, 0.15) is 43.2 Å². The number of hydrogen-bond donors (Lipinski definition) is 1. The van der Waals surface area contributed by atoms with Crippen LogP contribution in [0.4, 0.5) is 0 Å². The fourth-order valence-corrected chi connectivity index (χ4v) is 3.68. The molecule has 136 valence electrons. The third kappa shape index (κ3) is 4.51. The predicted molar refractivity (Wildman–Crippen MR) is 103 cm³/mol. The Bertz CT molecular complexity index is 691. The van der Waals surface area contributed by atoms with Gasteiger partial charge in [-0.3, -0.25) is 9.59 Å². The second-order valence-electron chi connectivity index (χ2n) is 6.93. The van der Waals surface area contributed by atoms with E-state index in [0.717, 1.165) is 12.8 Å². The van der Waals surface area contributed by atoms with Gasteiger partial charge in [0.2, 0.25) is 11.8 Å². The highest BCUT2D eigenvalue weighted by Gasteiger charge is 2.25. The van der Waals surface area contributed by atoms with E-state index in [1.807, 2.05) is 43.3 Å². The molecule has 0 radical (unpaired) electrons. The molecule has 2 aromatic rings. The zero-order valence-electron chi connectivity index (χ0n) is 15.2. The first-order valence-electron chi connectivity index (χ1n) is 9.32. The minimum Gasteiger partial charge on any atom is -0.351 e. The van der Waals surface area contributed by atoms with Gasteiger partial charge in [0.25, 0.3) is 0 Å². The molecule has 0 aromatic heterocycles. The van der Waals surface area contributed by atoms with Crippen molar-refractivity contribution in [3.05, 3.63) is 71.8 Å². The number of nitrogens with one attached hydrogen (secondary N) is 1. The van der Waals surface area contributed by atoms with E-state index in [1.165, 1.54) is 11.1 Å². The summed E-state index contributed by atoms with van der Waals surface area (Å²) in [5.41, 5.74) is 2.33. The van der Waals surface area contributed by atoms with Crippen molar-refractivity contribution in [2.45, 2.75) is 38.1 Å². The number of rotatable bonds is 6. The summed E-state index contributed by atoms with van der Waals surface area (Å²) in [4.78, 5) is 26.1. The minimum absolute atomic E-state index is 0.0680. The summed E-state index contributed by atoms with van der Waals surface area (Å²) in [5, 5.41) is 3.11. The van der Waals surface area contributed by atoms with Gasteiger partial charge in [0.05, 0.1) is 6.54 Å². The molecular weight excluding hydrogens is 324 g/mol. The number of benzene rings is 2. The summed E-state index contributed by atoms with van der Waals surface area (Å²) in [5.74, 6) is 0.0599. The first-order valence-corrected chi connectivity index (χ1v) is 9.32. The average molecular weight is 350 g/mol. The molecule has 0 spiro atoms. The van der Waals surface area contributed by atoms with Gasteiger partial charge in [-0.15, -0.1) is 0 Å². The van der Waals surface area contributed by atoms with E-state index in [2.05, 4.69) is 29.6 Å². The highest BCUT2D eigenvalue weighted by atomic mass is 16.2. The average Bonchev–Trinajstić information content (AvgIpc) is 2.65. The van der Waals surface area contributed by atoms with Gasteiger partial charge in [-0.2, -0.15) is 0 Å². The lowest BCUT2D eigenvalue weighted by Crippen LogP contribution is -2.46. The van der Waals surface area contributed by atoms with Gasteiger partial charge < -0.3 is 10.2 Å². The smallest absolute Gasteiger partial charge is 0.239 e. The lowest BCUT2D eigenvalue weighted by Gasteiger charge is -2.29. The Balaban J connectivity index is 1.72. The second kappa shape index (κ2) is 8.65. The molecule has 26 heavy (non-hydrogen) atoms. The van der Waals surface area contributed by atoms with Crippen molar-refractivity contribution in [3.8, 4) is 0 Å². The molecule has 0 saturated carbocycles. The maximum atomic E-state index is 12.5. The van der Waals surface area contributed by atoms with Crippen molar-refractivity contribution in [1.29, 1.82) is 0 Å². The van der Waals surface area contributed by atoms with E-state index >= 15 is 0 Å². The first-order chi connectivity index (χ1) is 12.6. The van der Waals surface area contributed by atoms with Crippen molar-refractivity contribution in [2.75, 3.05) is 13.1 Å². The summed E-state index contributed by atoms with van der Waals surface area (Å²) in [7, 11) is 0. The van der Waals surface area contributed by atoms with Gasteiger partial charge >= 0.3 is 0 Å². The molecule has 1 N–H and O–H groups in total. The van der Waals surface area contributed by atoms with Crippen LogP contribution in [-0.2, 0) is 9.59 Å². The van der Waals surface area contributed by atoms with Crippen LogP contribution < -0.4 is 5.32 Å². The number of carbonyl (C=O) groups is 2. The topological polar surface area (TPSA) is 49.4 Å². The third-order valence-electron chi connectivity index (χ3n) is 4.96. The number of carbonyl (C=O) groups excluding carboxylic acids is 2. The lowest BCUT2D eigenvalue weighted by atomic mass is 9.86. The number of likely N-dealkylation sites (tertiary alicyclic amines) is 1. The zero-order chi connectivity index (χ0) is 18.4. The zero-order valence-corrected chi connectivity index (χ0v) is 15.2. The number of hydrogen-bond acceptors (Lipinski definition) is 2. The molecule has 0 bridgehead atoms. The summed E-state index contributed by atoms with van der Waals surface area (Å²) < 4.78 is 0. The van der Waals surface area contributed by atoms with Crippen LogP contribution in [0, 0.1) is 0 Å². The molecule has 1 atom stereocenters. The van der Waals surface area contributed by atoms with Crippen LogP contribution in [0.15, 0.2) is 60.7 Å². The van der Waals surface area contributed by atoms with E-state index in [4.69, 9.17) is 0 Å². The van der Waals surface area contributed by atoms with Gasteiger partial charge in [-0.1, -0.05) is 60.7 Å². The largest absolute Gasteiger partial charge is 0.351 e. The van der Waals surface area contributed by atoms with Crippen LogP contribution in [0.3, 0.4) is 0 Å². The van der Waals surface area contributed by atoms with Crippen LogP contribution in [0.25, 0.3) is 0 Å². The van der Waals surface area contributed by atoms with Crippen LogP contribution in [0.2, 0.25) is 0 Å². The maximum absolute atomic E-state index is 12.5. The monoisotopic (exact) mass is 350 g/mol. The summed E-state index contributed by atoms with van der Waals surface area (Å²) in [6.45, 7) is 2.86. The standard InChI is InChI=1S/C22H26N2O2/c1-17(23-20(25)16-24-15-9-8-14-21(24)26)22(18-10-4-2-5-11-18)19-12-6-3-7-13-19/h2-7,10-13,17,22H,8-9,14-16H2,1H3,(H,23,25). The molecule has 4 nitrogen and oxygen atoms in total. The Morgan fingerprint density at radius 3 is 2.12 bits per heavy atom. The van der Waals surface area contributed by atoms with Crippen LogP contribution in [0.5, 0.6) is 0 Å². The SMILES string of the molecule is CC(NC(=O)CN1CCCCC1=O)C(c1ccccc1)c1ccccc1. The fourth-order valence-electron chi connectivity index (χ4n) is 3.68. The molecule has 1 aliphatic rings. The van der Waals surface area contributed by atoms with Gasteiger partial charge in [-0.05, 0) is 30.9 Å². The number of nitrogens with zero attached hydrogens (tertiary/aromatic N) is 1. The van der Waals surface area contributed by atoms with Crippen molar-refractivity contribution in [3.63, 3.8) is 0 Å². The Hall–Kier alpha value is -2.62. The Kier molecular flexibility index (Phi) is 6.05. The van der Waals surface area contributed by atoms with Gasteiger partial charge in [0.1, 0.15) is 0 Å². The molecule has 4 heteroatoms. The van der Waals surface area contributed by atoms with Crippen LogP contribution >= 0.6 is 0 Å². The van der Waals surface area contributed by atoms with Gasteiger partial charge in [0, 0.05) is 24.9 Å². The predicted octanol–water partition coefficient (Wildman–Crippen LogP) is 3.34. The van der Waals surface area contributed by atoms with Crippen molar-refractivity contribution in [1.82, 2.24) is 10.2 Å². The maximum Gasteiger partial charge on any atom is 0.239 e. The molecule has 2 amide bonds. The van der Waals surface area contributed by atoms with Gasteiger partial charge in [0.15, 0.2) is 0 Å². The molecule has 1 heterocycles. The van der Waals surface area contributed by atoms with E-state index in [0.29, 0.717) is 13.0 Å². The number of amides is 2. The Morgan fingerprint density at radius 1 is 1.00 bits per heavy atom. The molecule has 1 unspecified atom stereocenters. The lowest BCUT2D eigenvalue weighted by molar-refractivity contribution is -0.138. The van der Waals surface area contributed by atoms with E-state index in [9.17, 15) is 9.59 Å². The van der Waals surface area contributed by atoms with E-state index in [-0.39, 0.29) is 30.3 Å². The Morgan fingerprint density at radius 2 is 1.58 bits per heavy atom. The Labute approximate surface area is 155 Å². The molecule has 1 aliphatic heterocycles. The van der Waals surface area contributed by atoms with Crippen molar-refractivity contribution < 1.29 is 9.59 Å². The van der Waals surface area contributed by atoms with Crippen molar-refractivity contribution >= 4 is 11.8 Å². The minimum atomic E-state index is -0.0930. The second-order valence-corrected chi connectivity index (χ2v) is 6.93. The molecule has 0 aliphatic carbocycles. The first kappa shape index (κ1) is 18.2.